The van der Waals surface area contributed by atoms with Gasteiger partial charge < -0.3 is 14.5 Å². The summed E-state index contributed by atoms with van der Waals surface area (Å²) >= 11 is 1.77. The van der Waals surface area contributed by atoms with Gasteiger partial charge >= 0.3 is 0 Å². The molecule has 0 aromatic carbocycles. The van der Waals surface area contributed by atoms with Crippen LogP contribution in [0.3, 0.4) is 0 Å². The van der Waals surface area contributed by atoms with Gasteiger partial charge in [0.2, 0.25) is 0 Å². The van der Waals surface area contributed by atoms with Crippen molar-refractivity contribution in [1.29, 1.82) is 0 Å². The maximum Gasteiger partial charge on any atom is 0.118 e. The Morgan fingerprint density at radius 3 is 2.93 bits per heavy atom. The van der Waals surface area contributed by atoms with Gasteiger partial charge in [-0.25, -0.2) is 0 Å². The van der Waals surface area contributed by atoms with E-state index >= 15 is 0 Å². The number of hydrogen-bond donors (Lipinski definition) is 1. The summed E-state index contributed by atoms with van der Waals surface area (Å²) in [7, 11) is 0. The highest BCUT2D eigenvalue weighted by Crippen LogP contribution is 2.12. The largest absolute Gasteiger partial charge is 0.464 e. The second-order valence-corrected chi connectivity index (χ2v) is 4.04. The Morgan fingerprint density at radius 1 is 1.40 bits per heavy atom. The summed E-state index contributed by atoms with van der Waals surface area (Å²) in [4.78, 5) is 0. The van der Waals surface area contributed by atoms with Crippen LogP contribution in [-0.4, -0.2) is 26.0 Å². The fraction of sp³-hybridized carbons (Fsp3) is 0.636. The SMILES string of the molecule is CCOCCNCc1ccc(CSC)o1. The predicted octanol–water partition coefficient (Wildman–Crippen LogP) is 2.27. The Kier molecular flexibility index (Phi) is 6.55. The Hall–Kier alpha value is -0.450. The summed E-state index contributed by atoms with van der Waals surface area (Å²) in [5.41, 5.74) is 0. The first kappa shape index (κ1) is 12.6. The molecule has 4 heteroatoms. The van der Waals surface area contributed by atoms with Crippen LogP contribution in [-0.2, 0) is 17.0 Å². The highest BCUT2D eigenvalue weighted by Gasteiger charge is 2.00. The van der Waals surface area contributed by atoms with Crippen LogP contribution in [0.15, 0.2) is 16.5 Å². The molecule has 0 atom stereocenters. The molecule has 1 rings (SSSR count). The molecule has 0 saturated heterocycles. The van der Waals surface area contributed by atoms with E-state index in [0.29, 0.717) is 0 Å². The third-order valence-corrected chi connectivity index (χ3v) is 2.50. The van der Waals surface area contributed by atoms with Gasteiger partial charge in [0.25, 0.3) is 0 Å². The van der Waals surface area contributed by atoms with Crippen molar-refractivity contribution in [3.05, 3.63) is 23.7 Å². The first-order valence-corrected chi connectivity index (χ1v) is 6.61. The fourth-order valence-corrected chi connectivity index (χ4v) is 1.68. The highest BCUT2D eigenvalue weighted by atomic mass is 32.2. The minimum absolute atomic E-state index is 0.759. The van der Waals surface area contributed by atoms with Gasteiger partial charge in [0.1, 0.15) is 11.5 Å². The van der Waals surface area contributed by atoms with Crippen LogP contribution in [0.1, 0.15) is 18.4 Å². The molecule has 0 aliphatic heterocycles. The molecular formula is C11H19NO2S. The lowest BCUT2D eigenvalue weighted by atomic mass is 10.4. The van der Waals surface area contributed by atoms with Gasteiger partial charge in [0, 0.05) is 13.2 Å². The predicted molar refractivity (Wildman–Crippen MR) is 64.1 cm³/mol. The van der Waals surface area contributed by atoms with Crippen molar-refractivity contribution in [2.75, 3.05) is 26.0 Å². The molecule has 0 bridgehead atoms. The Balaban J connectivity index is 2.14. The molecule has 15 heavy (non-hydrogen) atoms. The lowest BCUT2D eigenvalue weighted by molar-refractivity contribution is 0.148. The van der Waals surface area contributed by atoms with Crippen LogP contribution in [0.2, 0.25) is 0 Å². The van der Waals surface area contributed by atoms with Crippen molar-refractivity contribution >= 4 is 11.8 Å². The molecule has 1 N–H and O–H groups in total. The third-order valence-electron chi connectivity index (χ3n) is 1.93. The van der Waals surface area contributed by atoms with Crippen molar-refractivity contribution in [3.63, 3.8) is 0 Å². The van der Waals surface area contributed by atoms with Crippen LogP contribution in [0.25, 0.3) is 0 Å². The van der Waals surface area contributed by atoms with E-state index in [1.807, 2.05) is 19.1 Å². The van der Waals surface area contributed by atoms with E-state index in [1.54, 1.807) is 11.8 Å². The van der Waals surface area contributed by atoms with Crippen molar-refractivity contribution < 1.29 is 9.15 Å². The molecule has 0 radical (unpaired) electrons. The average molecular weight is 229 g/mol. The molecule has 1 aromatic heterocycles. The van der Waals surface area contributed by atoms with Gasteiger partial charge in [0.05, 0.1) is 18.9 Å². The molecule has 0 aliphatic carbocycles. The van der Waals surface area contributed by atoms with Crippen LogP contribution in [0.5, 0.6) is 0 Å². The standard InChI is InChI=1S/C11H19NO2S/c1-3-13-7-6-12-8-10-4-5-11(14-10)9-15-2/h4-5,12H,3,6-9H2,1-2H3. The molecule has 0 unspecified atom stereocenters. The molecule has 86 valence electrons. The van der Waals surface area contributed by atoms with Gasteiger partial charge in [0.15, 0.2) is 0 Å². The number of rotatable bonds is 8. The Morgan fingerprint density at radius 2 is 2.20 bits per heavy atom. The molecule has 1 aromatic rings. The van der Waals surface area contributed by atoms with E-state index in [-0.39, 0.29) is 0 Å². The number of hydrogen-bond acceptors (Lipinski definition) is 4. The van der Waals surface area contributed by atoms with Gasteiger partial charge in [-0.05, 0) is 25.3 Å². The van der Waals surface area contributed by atoms with Gasteiger partial charge in [-0.2, -0.15) is 11.8 Å². The number of nitrogens with one attached hydrogen (secondary N) is 1. The van der Waals surface area contributed by atoms with Gasteiger partial charge in [-0.1, -0.05) is 0 Å². The van der Waals surface area contributed by atoms with E-state index in [0.717, 1.165) is 43.6 Å². The summed E-state index contributed by atoms with van der Waals surface area (Å²) < 4.78 is 10.8. The third kappa shape index (κ3) is 5.25. The normalized spacial score (nSPS) is 10.8. The van der Waals surface area contributed by atoms with Crippen LogP contribution >= 0.6 is 11.8 Å². The molecule has 3 nitrogen and oxygen atoms in total. The quantitative estimate of drug-likeness (QED) is 0.693. The number of furan rings is 1. The second-order valence-electron chi connectivity index (χ2n) is 3.17. The van der Waals surface area contributed by atoms with E-state index in [4.69, 9.17) is 9.15 Å². The van der Waals surface area contributed by atoms with E-state index in [1.165, 1.54) is 0 Å². The lowest BCUT2D eigenvalue weighted by Gasteiger charge is -2.02. The van der Waals surface area contributed by atoms with E-state index in [2.05, 4.69) is 11.6 Å². The fourth-order valence-electron chi connectivity index (χ4n) is 1.24. The Bertz CT molecular complexity index is 263. The number of ether oxygens (including phenoxy) is 1. The summed E-state index contributed by atoms with van der Waals surface area (Å²) in [5.74, 6) is 2.98. The van der Waals surface area contributed by atoms with Crippen LogP contribution < -0.4 is 5.32 Å². The topological polar surface area (TPSA) is 34.4 Å². The molecule has 0 amide bonds. The minimum atomic E-state index is 0.759. The zero-order chi connectivity index (χ0) is 10.9. The first-order valence-electron chi connectivity index (χ1n) is 5.21. The summed E-state index contributed by atoms with van der Waals surface area (Å²) in [5, 5.41) is 3.27. The van der Waals surface area contributed by atoms with Crippen molar-refractivity contribution in [1.82, 2.24) is 5.32 Å². The van der Waals surface area contributed by atoms with Gasteiger partial charge in [-0.3, -0.25) is 0 Å². The summed E-state index contributed by atoms with van der Waals surface area (Å²) in [6.07, 6.45) is 2.07. The smallest absolute Gasteiger partial charge is 0.118 e. The molecule has 0 saturated carbocycles. The number of thioether (sulfide) groups is 1. The maximum absolute atomic E-state index is 5.61. The molecular weight excluding hydrogens is 210 g/mol. The molecule has 1 heterocycles. The second kappa shape index (κ2) is 7.79. The summed E-state index contributed by atoms with van der Waals surface area (Å²) in [6.45, 7) is 5.18. The van der Waals surface area contributed by atoms with Crippen molar-refractivity contribution in [3.8, 4) is 0 Å². The summed E-state index contributed by atoms with van der Waals surface area (Å²) in [6, 6.07) is 4.06. The zero-order valence-electron chi connectivity index (χ0n) is 9.41. The van der Waals surface area contributed by atoms with Crippen LogP contribution in [0, 0.1) is 0 Å². The first-order chi connectivity index (χ1) is 7.36. The average Bonchev–Trinajstić information content (AvgIpc) is 2.66. The van der Waals surface area contributed by atoms with E-state index < -0.39 is 0 Å². The van der Waals surface area contributed by atoms with Crippen molar-refractivity contribution in [2.45, 2.75) is 19.2 Å². The molecule has 0 fully saturated rings. The van der Waals surface area contributed by atoms with Crippen molar-refractivity contribution in [2.24, 2.45) is 0 Å². The van der Waals surface area contributed by atoms with Crippen LogP contribution in [0.4, 0.5) is 0 Å². The minimum Gasteiger partial charge on any atom is -0.464 e. The lowest BCUT2D eigenvalue weighted by Crippen LogP contribution is -2.18. The van der Waals surface area contributed by atoms with Gasteiger partial charge in [-0.15, -0.1) is 0 Å². The van der Waals surface area contributed by atoms with E-state index in [9.17, 15) is 0 Å². The monoisotopic (exact) mass is 229 g/mol. The molecule has 0 spiro atoms. The maximum atomic E-state index is 5.61. The zero-order valence-corrected chi connectivity index (χ0v) is 10.2. The molecule has 0 aliphatic rings. The Labute approximate surface area is 95.6 Å². The highest BCUT2D eigenvalue weighted by molar-refractivity contribution is 7.97.